The minimum atomic E-state index is -0.104. The van der Waals surface area contributed by atoms with Crippen LogP contribution < -0.4 is 5.56 Å². The fourth-order valence-corrected chi connectivity index (χ4v) is 1.84. The van der Waals surface area contributed by atoms with Crippen LogP contribution in [-0.2, 0) is 6.42 Å². The van der Waals surface area contributed by atoms with E-state index in [2.05, 4.69) is 11.9 Å². The Balaban J connectivity index is 2.54. The molecule has 0 aliphatic heterocycles. The standard InChI is InChI=1S/C14H14N2O2/c1-2-4-12-5-3-6-14(18)16(12)13-8-7-11(10-17)9-15-13/h3,5-10H,2,4H2,1H3. The third-order valence-corrected chi connectivity index (χ3v) is 2.68. The Labute approximate surface area is 105 Å². The average molecular weight is 242 g/mol. The molecule has 0 bridgehead atoms. The van der Waals surface area contributed by atoms with E-state index in [0.717, 1.165) is 24.8 Å². The van der Waals surface area contributed by atoms with Crippen LogP contribution in [0.4, 0.5) is 0 Å². The lowest BCUT2D eigenvalue weighted by Gasteiger charge is -2.10. The molecule has 18 heavy (non-hydrogen) atoms. The summed E-state index contributed by atoms with van der Waals surface area (Å²) in [6, 6.07) is 8.52. The van der Waals surface area contributed by atoms with E-state index in [0.29, 0.717) is 11.4 Å². The zero-order chi connectivity index (χ0) is 13.0. The zero-order valence-corrected chi connectivity index (χ0v) is 10.2. The third kappa shape index (κ3) is 2.37. The van der Waals surface area contributed by atoms with Crippen LogP contribution in [0.2, 0.25) is 0 Å². The second kappa shape index (κ2) is 5.40. The van der Waals surface area contributed by atoms with Gasteiger partial charge >= 0.3 is 0 Å². The van der Waals surface area contributed by atoms with Gasteiger partial charge in [0.25, 0.3) is 5.56 Å². The lowest BCUT2D eigenvalue weighted by atomic mass is 10.2. The first kappa shape index (κ1) is 12.2. The van der Waals surface area contributed by atoms with Gasteiger partial charge in [-0.05, 0) is 24.6 Å². The fourth-order valence-electron chi connectivity index (χ4n) is 1.84. The number of nitrogens with zero attached hydrogens (tertiary/aromatic N) is 2. The minimum Gasteiger partial charge on any atom is -0.298 e. The van der Waals surface area contributed by atoms with Crippen LogP contribution in [0.25, 0.3) is 5.82 Å². The van der Waals surface area contributed by atoms with Crippen molar-refractivity contribution >= 4 is 6.29 Å². The van der Waals surface area contributed by atoms with E-state index in [1.807, 2.05) is 6.07 Å². The number of hydrogen-bond donors (Lipinski definition) is 0. The van der Waals surface area contributed by atoms with Crippen LogP contribution in [0.15, 0.2) is 41.3 Å². The number of carbonyl (C=O) groups excluding carboxylic acids is 1. The lowest BCUT2D eigenvalue weighted by molar-refractivity contribution is 0.112. The van der Waals surface area contributed by atoms with Gasteiger partial charge in [-0.25, -0.2) is 4.98 Å². The molecule has 0 aromatic carbocycles. The van der Waals surface area contributed by atoms with E-state index in [1.54, 1.807) is 22.8 Å². The Hall–Kier alpha value is -2.23. The van der Waals surface area contributed by atoms with Crippen molar-refractivity contribution in [2.24, 2.45) is 0 Å². The monoisotopic (exact) mass is 242 g/mol. The van der Waals surface area contributed by atoms with E-state index in [-0.39, 0.29) is 5.56 Å². The molecular formula is C14H14N2O2. The Kier molecular flexibility index (Phi) is 3.67. The average Bonchev–Trinajstić information content (AvgIpc) is 2.40. The molecule has 2 aromatic heterocycles. The molecule has 0 radical (unpaired) electrons. The first-order valence-electron chi connectivity index (χ1n) is 5.89. The lowest BCUT2D eigenvalue weighted by Crippen LogP contribution is -2.21. The minimum absolute atomic E-state index is 0.104. The van der Waals surface area contributed by atoms with Crippen LogP contribution in [0, 0.1) is 0 Å². The Morgan fingerprint density at radius 1 is 1.28 bits per heavy atom. The largest absolute Gasteiger partial charge is 0.298 e. The number of carbonyl (C=O) groups is 1. The van der Waals surface area contributed by atoms with E-state index in [1.165, 1.54) is 12.3 Å². The number of pyridine rings is 2. The summed E-state index contributed by atoms with van der Waals surface area (Å²) in [6.45, 7) is 2.06. The number of aromatic nitrogens is 2. The SMILES string of the molecule is CCCc1cccc(=O)n1-c1ccc(C=O)cn1. The molecule has 0 spiro atoms. The summed E-state index contributed by atoms with van der Waals surface area (Å²) in [5.41, 5.74) is 1.32. The summed E-state index contributed by atoms with van der Waals surface area (Å²) in [6.07, 6.45) is 3.97. The molecular weight excluding hydrogens is 228 g/mol. The zero-order valence-electron chi connectivity index (χ0n) is 10.2. The third-order valence-electron chi connectivity index (χ3n) is 2.68. The molecule has 0 N–H and O–H groups in total. The van der Waals surface area contributed by atoms with Gasteiger partial charge in [0.15, 0.2) is 6.29 Å². The van der Waals surface area contributed by atoms with Gasteiger partial charge in [0.05, 0.1) is 0 Å². The number of aryl methyl sites for hydroxylation is 1. The summed E-state index contributed by atoms with van der Waals surface area (Å²) in [7, 11) is 0. The summed E-state index contributed by atoms with van der Waals surface area (Å²) < 4.78 is 1.58. The first-order chi connectivity index (χ1) is 8.76. The second-order valence-electron chi connectivity index (χ2n) is 4.01. The van der Waals surface area contributed by atoms with Gasteiger partial charge in [0.1, 0.15) is 5.82 Å². The summed E-state index contributed by atoms with van der Waals surface area (Å²) in [5, 5.41) is 0. The van der Waals surface area contributed by atoms with Gasteiger partial charge in [0.2, 0.25) is 0 Å². The van der Waals surface area contributed by atoms with Gasteiger partial charge in [-0.1, -0.05) is 19.4 Å². The predicted molar refractivity (Wildman–Crippen MR) is 69.2 cm³/mol. The molecule has 0 saturated heterocycles. The molecule has 0 aliphatic carbocycles. The highest BCUT2D eigenvalue weighted by Gasteiger charge is 2.06. The molecule has 92 valence electrons. The van der Waals surface area contributed by atoms with Crippen molar-refractivity contribution < 1.29 is 4.79 Å². The highest BCUT2D eigenvalue weighted by molar-refractivity contribution is 5.74. The van der Waals surface area contributed by atoms with Gasteiger partial charge < -0.3 is 0 Å². The van der Waals surface area contributed by atoms with Gasteiger partial charge in [-0.2, -0.15) is 0 Å². The maximum atomic E-state index is 11.9. The van der Waals surface area contributed by atoms with Gasteiger partial charge in [0, 0.05) is 23.5 Å². The van der Waals surface area contributed by atoms with Crippen LogP contribution in [0.1, 0.15) is 29.4 Å². The predicted octanol–water partition coefficient (Wildman–Crippen LogP) is 2.00. The van der Waals surface area contributed by atoms with Crippen LogP contribution in [0.3, 0.4) is 0 Å². The van der Waals surface area contributed by atoms with E-state index < -0.39 is 0 Å². The molecule has 2 heterocycles. The van der Waals surface area contributed by atoms with E-state index in [9.17, 15) is 9.59 Å². The maximum absolute atomic E-state index is 11.9. The van der Waals surface area contributed by atoms with Crippen molar-refractivity contribution in [3.05, 3.63) is 58.1 Å². The van der Waals surface area contributed by atoms with Crippen molar-refractivity contribution in [2.75, 3.05) is 0 Å². The van der Waals surface area contributed by atoms with Gasteiger partial charge in [-0.3, -0.25) is 14.2 Å². The number of hydrogen-bond acceptors (Lipinski definition) is 3. The Bertz CT molecular complexity index is 600. The van der Waals surface area contributed by atoms with Gasteiger partial charge in [-0.15, -0.1) is 0 Å². The summed E-state index contributed by atoms with van der Waals surface area (Å²) in [4.78, 5) is 26.7. The molecule has 4 heteroatoms. The molecule has 0 atom stereocenters. The van der Waals surface area contributed by atoms with Crippen molar-refractivity contribution in [3.63, 3.8) is 0 Å². The molecule has 0 amide bonds. The smallest absolute Gasteiger partial charge is 0.256 e. The molecule has 2 rings (SSSR count). The Morgan fingerprint density at radius 3 is 2.72 bits per heavy atom. The first-order valence-corrected chi connectivity index (χ1v) is 5.89. The molecule has 0 saturated carbocycles. The maximum Gasteiger partial charge on any atom is 0.256 e. The normalized spacial score (nSPS) is 10.3. The van der Waals surface area contributed by atoms with E-state index >= 15 is 0 Å². The quantitative estimate of drug-likeness (QED) is 0.770. The van der Waals surface area contributed by atoms with Crippen LogP contribution in [-0.4, -0.2) is 15.8 Å². The summed E-state index contributed by atoms with van der Waals surface area (Å²) in [5.74, 6) is 0.551. The van der Waals surface area contributed by atoms with Crippen molar-refractivity contribution in [3.8, 4) is 5.82 Å². The van der Waals surface area contributed by atoms with Crippen LogP contribution >= 0.6 is 0 Å². The molecule has 0 fully saturated rings. The summed E-state index contributed by atoms with van der Waals surface area (Å²) >= 11 is 0. The highest BCUT2D eigenvalue weighted by atomic mass is 16.1. The molecule has 4 nitrogen and oxygen atoms in total. The highest BCUT2D eigenvalue weighted by Crippen LogP contribution is 2.08. The molecule has 2 aromatic rings. The number of aldehydes is 1. The molecule has 0 aliphatic rings. The van der Waals surface area contributed by atoms with Crippen molar-refractivity contribution in [2.45, 2.75) is 19.8 Å². The van der Waals surface area contributed by atoms with Crippen molar-refractivity contribution in [1.29, 1.82) is 0 Å². The second-order valence-corrected chi connectivity index (χ2v) is 4.01. The van der Waals surface area contributed by atoms with Crippen molar-refractivity contribution in [1.82, 2.24) is 9.55 Å². The van der Waals surface area contributed by atoms with E-state index in [4.69, 9.17) is 0 Å². The Morgan fingerprint density at radius 2 is 2.11 bits per heavy atom. The van der Waals surface area contributed by atoms with Crippen LogP contribution in [0.5, 0.6) is 0 Å². The topological polar surface area (TPSA) is 52.0 Å². The molecule has 0 unspecified atom stereocenters. The fraction of sp³-hybridized carbons (Fsp3) is 0.214. The number of rotatable bonds is 4.